The van der Waals surface area contributed by atoms with Crippen molar-refractivity contribution in [2.24, 2.45) is 0 Å². The van der Waals surface area contributed by atoms with E-state index >= 15 is 0 Å². The molecule has 0 radical (unpaired) electrons. The number of ether oxygens (including phenoxy) is 2. The minimum atomic E-state index is -0.691. The van der Waals surface area contributed by atoms with Crippen LogP contribution in [0.15, 0.2) is 35.1 Å². The zero-order chi connectivity index (χ0) is 18.4. The van der Waals surface area contributed by atoms with Gasteiger partial charge in [0, 0.05) is 30.7 Å². The highest BCUT2D eigenvalue weighted by atomic mass is 16.6. The molecule has 1 aromatic carbocycles. The van der Waals surface area contributed by atoms with Crippen LogP contribution in [0.1, 0.15) is 20.3 Å². The maximum atomic E-state index is 11.3. The van der Waals surface area contributed by atoms with E-state index in [2.05, 4.69) is 10.2 Å². The van der Waals surface area contributed by atoms with Gasteiger partial charge in [-0.1, -0.05) is 0 Å². The van der Waals surface area contributed by atoms with Crippen molar-refractivity contribution in [3.63, 3.8) is 0 Å². The lowest BCUT2D eigenvalue weighted by molar-refractivity contribution is -0.149. The van der Waals surface area contributed by atoms with Gasteiger partial charge in [0.05, 0.1) is 5.69 Å². The van der Waals surface area contributed by atoms with E-state index < -0.39 is 12.1 Å². The number of Topliss-reactive ketones (excluding diaryl/α,β-unsaturated/α-hetero) is 1. The van der Waals surface area contributed by atoms with Gasteiger partial charge < -0.3 is 15.2 Å². The van der Waals surface area contributed by atoms with E-state index in [1.54, 1.807) is 24.3 Å². The van der Waals surface area contributed by atoms with Crippen molar-refractivity contribution in [1.82, 2.24) is 10.2 Å². The molecule has 1 unspecified atom stereocenters. The molecule has 0 aliphatic carbocycles. The summed E-state index contributed by atoms with van der Waals surface area (Å²) in [4.78, 5) is 33.6. The summed E-state index contributed by atoms with van der Waals surface area (Å²) in [6.07, 6.45) is -0.634. The number of H-pyrrole nitrogens is 1. The van der Waals surface area contributed by atoms with E-state index in [4.69, 9.17) is 15.2 Å². The van der Waals surface area contributed by atoms with E-state index in [9.17, 15) is 14.4 Å². The number of esters is 1. The summed E-state index contributed by atoms with van der Waals surface area (Å²) in [7, 11) is 0. The fourth-order valence-corrected chi connectivity index (χ4v) is 2.24. The minimum absolute atomic E-state index is 0.000564. The third-order valence-corrected chi connectivity index (χ3v) is 3.23. The predicted molar refractivity (Wildman–Crippen MR) is 91.1 cm³/mol. The minimum Gasteiger partial charge on any atom is -0.489 e. The number of nitrogens with zero attached hydrogens (tertiary/aromatic N) is 1. The summed E-state index contributed by atoms with van der Waals surface area (Å²) < 4.78 is 10.8. The first kappa shape index (κ1) is 18.2. The normalized spacial score (nSPS) is 11.6. The first-order valence-electron chi connectivity index (χ1n) is 7.60. The number of anilines is 1. The van der Waals surface area contributed by atoms with Crippen LogP contribution in [-0.4, -0.2) is 34.7 Å². The molecule has 1 heterocycles. The predicted octanol–water partition coefficient (Wildman–Crippen LogP) is 1.31. The molecule has 8 nitrogen and oxygen atoms in total. The van der Waals surface area contributed by atoms with Crippen LogP contribution in [0.2, 0.25) is 0 Å². The van der Waals surface area contributed by atoms with Crippen LogP contribution in [-0.2, 0) is 14.3 Å². The Labute approximate surface area is 144 Å². The van der Waals surface area contributed by atoms with Crippen LogP contribution in [0.3, 0.4) is 0 Å². The molecule has 8 heteroatoms. The number of carbonyl (C=O) groups excluding carboxylic acids is 2. The van der Waals surface area contributed by atoms with E-state index in [1.807, 2.05) is 0 Å². The van der Waals surface area contributed by atoms with Gasteiger partial charge in [-0.2, -0.15) is 5.10 Å². The first-order chi connectivity index (χ1) is 11.8. The number of benzene rings is 1. The smallest absolute Gasteiger partial charge is 0.303 e. The SMILES string of the molecule is CC(=O)CC(COc1ccc(N)cc1-c1ccc(=O)[nH]n1)OC(C)=O. The topological polar surface area (TPSA) is 124 Å². The highest BCUT2D eigenvalue weighted by Gasteiger charge is 2.17. The first-order valence-corrected chi connectivity index (χ1v) is 7.60. The van der Waals surface area contributed by atoms with Gasteiger partial charge in [-0.05, 0) is 31.2 Å². The molecule has 0 spiro atoms. The monoisotopic (exact) mass is 345 g/mol. The second-order valence-electron chi connectivity index (χ2n) is 5.51. The molecule has 132 valence electrons. The summed E-state index contributed by atoms with van der Waals surface area (Å²) in [6, 6.07) is 7.83. The number of hydrogen-bond acceptors (Lipinski definition) is 7. The Bertz CT molecular complexity index is 795. The highest BCUT2D eigenvalue weighted by Crippen LogP contribution is 2.30. The molecule has 0 bridgehead atoms. The quantitative estimate of drug-likeness (QED) is 0.572. The van der Waals surface area contributed by atoms with Crippen molar-refractivity contribution in [2.75, 3.05) is 12.3 Å². The molecular formula is C17H19N3O5. The second kappa shape index (κ2) is 8.09. The van der Waals surface area contributed by atoms with Gasteiger partial charge in [0.15, 0.2) is 0 Å². The maximum absolute atomic E-state index is 11.3. The van der Waals surface area contributed by atoms with Gasteiger partial charge >= 0.3 is 5.97 Å². The summed E-state index contributed by atoms with van der Waals surface area (Å²) in [5, 5.41) is 6.31. The van der Waals surface area contributed by atoms with Gasteiger partial charge in [-0.15, -0.1) is 0 Å². The van der Waals surface area contributed by atoms with Crippen molar-refractivity contribution >= 4 is 17.4 Å². The second-order valence-corrected chi connectivity index (χ2v) is 5.51. The molecule has 3 N–H and O–H groups in total. The molecule has 0 aliphatic rings. The Hall–Kier alpha value is -3.16. The maximum Gasteiger partial charge on any atom is 0.303 e. The Balaban J connectivity index is 2.23. The molecule has 0 amide bonds. The number of rotatable bonds is 7. The lowest BCUT2D eigenvalue weighted by atomic mass is 10.1. The highest BCUT2D eigenvalue weighted by molar-refractivity contribution is 5.76. The standard InChI is InChI=1S/C17H19N3O5/c1-10(21)7-13(25-11(2)22)9-24-16-5-3-12(18)8-14(16)15-4-6-17(23)20-19-15/h3-6,8,13H,7,9,18H2,1-2H3,(H,20,23). The third-order valence-electron chi connectivity index (χ3n) is 3.23. The fourth-order valence-electron chi connectivity index (χ4n) is 2.24. The van der Waals surface area contributed by atoms with Crippen LogP contribution in [0.4, 0.5) is 5.69 Å². The van der Waals surface area contributed by atoms with Crippen molar-refractivity contribution in [1.29, 1.82) is 0 Å². The van der Waals surface area contributed by atoms with E-state index in [1.165, 1.54) is 19.9 Å². The molecule has 2 aromatic rings. The van der Waals surface area contributed by atoms with Crippen molar-refractivity contribution in [3.05, 3.63) is 40.7 Å². The van der Waals surface area contributed by atoms with Crippen LogP contribution in [0.25, 0.3) is 11.3 Å². The Kier molecular flexibility index (Phi) is 5.89. The molecule has 0 saturated carbocycles. The van der Waals surface area contributed by atoms with Crippen LogP contribution < -0.4 is 16.0 Å². The number of carbonyl (C=O) groups is 2. The number of nitrogen functional groups attached to an aromatic ring is 1. The lowest BCUT2D eigenvalue weighted by Gasteiger charge is -2.18. The molecule has 2 rings (SSSR count). The lowest BCUT2D eigenvalue weighted by Crippen LogP contribution is -2.26. The average Bonchev–Trinajstić information content (AvgIpc) is 2.53. The van der Waals surface area contributed by atoms with Gasteiger partial charge in [0.1, 0.15) is 24.2 Å². The summed E-state index contributed by atoms with van der Waals surface area (Å²) in [6.45, 7) is 2.68. The Morgan fingerprint density at radius 1 is 1.24 bits per heavy atom. The zero-order valence-electron chi connectivity index (χ0n) is 13.9. The summed E-state index contributed by atoms with van der Waals surface area (Å²) >= 11 is 0. The van der Waals surface area contributed by atoms with Gasteiger partial charge in [-0.25, -0.2) is 5.10 Å². The number of nitrogens with one attached hydrogen (secondary N) is 1. The summed E-state index contributed by atoms with van der Waals surface area (Å²) in [5.74, 6) is -0.168. The average molecular weight is 345 g/mol. The Morgan fingerprint density at radius 2 is 2.00 bits per heavy atom. The van der Waals surface area contributed by atoms with Gasteiger partial charge in [-0.3, -0.25) is 14.4 Å². The molecular weight excluding hydrogens is 326 g/mol. The van der Waals surface area contributed by atoms with E-state index in [0.717, 1.165) is 0 Å². The third kappa shape index (κ3) is 5.45. The number of ketones is 1. The van der Waals surface area contributed by atoms with Gasteiger partial charge in [0.25, 0.3) is 5.56 Å². The molecule has 0 aliphatic heterocycles. The molecule has 1 aromatic heterocycles. The Morgan fingerprint density at radius 3 is 2.60 bits per heavy atom. The number of aromatic amines is 1. The summed E-state index contributed by atoms with van der Waals surface area (Å²) in [5.41, 5.74) is 7.02. The zero-order valence-corrected chi connectivity index (χ0v) is 13.9. The van der Waals surface area contributed by atoms with Crippen molar-refractivity contribution < 1.29 is 19.1 Å². The van der Waals surface area contributed by atoms with E-state index in [-0.39, 0.29) is 24.4 Å². The fraction of sp³-hybridized carbons (Fsp3) is 0.294. The molecule has 25 heavy (non-hydrogen) atoms. The van der Waals surface area contributed by atoms with E-state index in [0.29, 0.717) is 22.7 Å². The molecule has 0 saturated heterocycles. The van der Waals surface area contributed by atoms with Crippen LogP contribution in [0, 0.1) is 0 Å². The van der Waals surface area contributed by atoms with Crippen molar-refractivity contribution in [3.8, 4) is 17.0 Å². The van der Waals surface area contributed by atoms with Crippen molar-refractivity contribution in [2.45, 2.75) is 26.4 Å². The molecule has 0 fully saturated rings. The number of nitrogens with two attached hydrogens (primary N) is 1. The number of aromatic nitrogens is 2. The molecule has 1 atom stereocenters. The largest absolute Gasteiger partial charge is 0.489 e. The number of hydrogen-bond donors (Lipinski definition) is 2. The van der Waals surface area contributed by atoms with Crippen LogP contribution in [0.5, 0.6) is 5.75 Å². The van der Waals surface area contributed by atoms with Crippen LogP contribution >= 0.6 is 0 Å². The van der Waals surface area contributed by atoms with Gasteiger partial charge in [0.2, 0.25) is 0 Å².